The minimum absolute atomic E-state index is 0.156. The van der Waals surface area contributed by atoms with Crippen LogP contribution in [-0.4, -0.2) is 11.3 Å². The van der Waals surface area contributed by atoms with Gasteiger partial charge in [0.15, 0.2) is 0 Å². The zero-order valence-corrected chi connectivity index (χ0v) is 9.36. The van der Waals surface area contributed by atoms with Crippen LogP contribution in [0.5, 0.6) is 0 Å². The van der Waals surface area contributed by atoms with Crippen LogP contribution in [0.4, 0.5) is 23.2 Å². The van der Waals surface area contributed by atoms with Gasteiger partial charge in [0.05, 0.1) is 5.56 Å². The minimum atomic E-state index is -4.81. The largest absolute Gasteiger partial charge is 0.419 e. The fourth-order valence-corrected chi connectivity index (χ4v) is 1.12. The van der Waals surface area contributed by atoms with Gasteiger partial charge in [-0.3, -0.25) is 4.79 Å². The lowest BCUT2D eigenvalue weighted by Crippen LogP contribution is -2.20. The second-order valence-electron chi connectivity index (χ2n) is 3.30. The predicted octanol–water partition coefficient (Wildman–Crippen LogP) is 3.41. The number of nitrogens with one attached hydrogen (secondary N) is 1. The summed E-state index contributed by atoms with van der Waals surface area (Å²) < 4.78 is 49.9. The van der Waals surface area contributed by atoms with Crippen LogP contribution in [-0.2, 0) is 11.0 Å². The van der Waals surface area contributed by atoms with E-state index in [9.17, 15) is 22.4 Å². The number of amides is 1. The third-order valence-electron chi connectivity index (χ3n) is 1.90. The fourth-order valence-electron chi connectivity index (χ4n) is 1.06. The van der Waals surface area contributed by atoms with Gasteiger partial charge in [-0.15, -0.1) is 11.6 Å². The first-order valence-corrected chi connectivity index (χ1v) is 4.97. The standard InChI is InChI=1S/C10H8ClF4NO/c1-5(11)9(17)16-6-2-3-8(12)7(4-6)10(13,14)15/h2-5H,1H3,(H,16,17). The van der Waals surface area contributed by atoms with Crippen molar-refractivity contribution in [1.29, 1.82) is 0 Å². The molecule has 1 aromatic rings. The van der Waals surface area contributed by atoms with E-state index >= 15 is 0 Å². The topological polar surface area (TPSA) is 29.1 Å². The molecule has 1 amide bonds. The summed E-state index contributed by atoms with van der Waals surface area (Å²) in [4.78, 5) is 11.1. The molecule has 0 heterocycles. The van der Waals surface area contributed by atoms with Crippen LogP contribution in [0.3, 0.4) is 0 Å². The van der Waals surface area contributed by atoms with Crippen molar-refractivity contribution in [3.63, 3.8) is 0 Å². The molecule has 2 nitrogen and oxygen atoms in total. The maximum atomic E-state index is 12.9. The molecule has 0 bridgehead atoms. The van der Waals surface area contributed by atoms with Crippen LogP contribution in [0.15, 0.2) is 18.2 Å². The summed E-state index contributed by atoms with van der Waals surface area (Å²) >= 11 is 5.43. The molecule has 0 aliphatic heterocycles. The average molecular weight is 270 g/mol. The Morgan fingerprint density at radius 2 is 2.00 bits per heavy atom. The third-order valence-corrected chi connectivity index (χ3v) is 2.10. The lowest BCUT2D eigenvalue weighted by molar-refractivity contribution is -0.140. The molecule has 1 N–H and O–H groups in total. The van der Waals surface area contributed by atoms with Crippen molar-refractivity contribution in [2.75, 3.05) is 5.32 Å². The van der Waals surface area contributed by atoms with Gasteiger partial charge in [0, 0.05) is 5.69 Å². The summed E-state index contributed by atoms with van der Waals surface area (Å²) in [6.45, 7) is 1.37. The van der Waals surface area contributed by atoms with E-state index in [4.69, 9.17) is 11.6 Å². The van der Waals surface area contributed by atoms with Gasteiger partial charge in [-0.1, -0.05) is 0 Å². The van der Waals surface area contributed by atoms with Crippen LogP contribution < -0.4 is 5.32 Å². The highest BCUT2D eigenvalue weighted by Crippen LogP contribution is 2.33. The maximum Gasteiger partial charge on any atom is 0.419 e. The average Bonchev–Trinajstić information content (AvgIpc) is 2.19. The zero-order valence-electron chi connectivity index (χ0n) is 8.61. The minimum Gasteiger partial charge on any atom is -0.325 e. The second-order valence-corrected chi connectivity index (χ2v) is 3.95. The molecule has 17 heavy (non-hydrogen) atoms. The first kappa shape index (κ1) is 13.8. The molecule has 0 spiro atoms. The number of carbonyl (C=O) groups is 1. The molecule has 94 valence electrons. The maximum absolute atomic E-state index is 12.9. The summed E-state index contributed by atoms with van der Waals surface area (Å²) in [6, 6.07) is 2.19. The summed E-state index contributed by atoms with van der Waals surface area (Å²) in [5, 5.41) is 1.25. The van der Waals surface area contributed by atoms with Crippen molar-refractivity contribution in [2.45, 2.75) is 18.5 Å². The van der Waals surface area contributed by atoms with E-state index in [0.29, 0.717) is 12.1 Å². The SMILES string of the molecule is CC(Cl)C(=O)Nc1ccc(F)c(C(F)(F)F)c1. The molecule has 0 saturated heterocycles. The second kappa shape index (κ2) is 4.91. The third kappa shape index (κ3) is 3.59. The molecular weight excluding hydrogens is 262 g/mol. The first-order chi connectivity index (χ1) is 7.71. The first-order valence-electron chi connectivity index (χ1n) is 4.53. The van der Waals surface area contributed by atoms with E-state index in [-0.39, 0.29) is 5.69 Å². The Bertz CT molecular complexity index is 431. The monoisotopic (exact) mass is 269 g/mol. The molecule has 0 aromatic heterocycles. The zero-order chi connectivity index (χ0) is 13.2. The molecule has 1 atom stereocenters. The Morgan fingerprint density at radius 3 is 2.47 bits per heavy atom. The Kier molecular flexibility index (Phi) is 3.98. The van der Waals surface area contributed by atoms with Gasteiger partial charge in [0.1, 0.15) is 11.2 Å². The molecule has 0 aliphatic rings. The molecule has 1 unspecified atom stereocenters. The van der Waals surface area contributed by atoms with Crippen molar-refractivity contribution in [1.82, 2.24) is 0 Å². The highest BCUT2D eigenvalue weighted by atomic mass is 35.5. The van der Waals surface area contributed by atoms with E-state index in [2.05, 4.69) is 5.32 Å². The number of rotatable bonds is 2. The normalized spacial score (nSPS) is 13.3. The summed E-state index contributed by atoms with van der Waals surface area (Å²) in [5.74, 6) is -2.05. The van der Waals surface area contributed by atoms with E-state index in [0.717, 1.165) is 6.07 Å². The van der Waals surface area contributed by atoms with Gasteiger partial charge in [-0.2, -0.15) is 13.2 Å². The fraction of sp³-hybridized carbons (Fsp3) is 0.300. The van der Waals surface area contributed by atoms with Crippen LogP contribution in [0.25, 0.3) is 0 Å². The predicted molar refractivity (Wildman–Crippen MR) is 55.3 cm³/mol. The Balaban J connectivity index is 3.01. The van der Waals surface area contributed by atoms with Crippen molar-refractivity contribution in [2.24, 2.45) is 0 Å². The van der Waals surface area contributed by atoms with Gasteiger partial charge < -0.3 is 5.32 Å². The van der Waals surface area contributed by atoms with Crippen LogP contribution >= 0.6 is 11.6 Å². The van der Waals surface area contributed by atoms with Crippen molar-refractivity contribution >= 4 is 23.2 Å². The number of halogens is 5. The van der Waals surface area contributed by atoms with Crippen molar-refractivity contribution in [3.05, 3.63) is 29.6 Å². The summed E-state index contributed by atoms with van der Waals surface area (Å²) in [5.41, 5.74) is -1.59. The smallest absolute Gasteiger partial charge is 0.325 e. The van der Waals surface area contributed by atoms with Gasteiger partial charge >= 0.3 is 6.18 Å². The molecule has 0 fully saturated rings. The van der Waals surface area contributed by atoms with Gasteiger partial charge in [-0.25, -0.2) is 4.39 Å². The summed E-state index contributed by atoms with van der Waals surface area (Å²) in [6.07, 6.45) is -4.81. The van der Waals surface area contributed by atoms with E-state index < -0.39 is 28.8 Å². The number of anilines is 1. The highest BCUT2D eigenvalue weighted by molar-refractivity contribution is 6.32. The van der Waals surface area contributed by atoms with Crippen LogP contribution in [0.2, 0.25) is 0 Å². The number of hydrogen-bond donors (Lipinski definition) is 1. The Labute approximate surface area is 99.6 Å². The Hall–Kier alpha value is -1.30. The molecule has 7 heteroatoms. The molecular formula is C10H8ClF4NO. The molecule has 1 aromatic carbocycles. The van der Waals surface area contributed by atoms with Crippen LogP contribution in [0.1, 0.15) is 12.5 Å². The lowest BCUT2D eigenvalue weighted by atomic mass is 10.2. The molecule has 0 aliphatic carbocycles. The van der Waals surface area contributed by atoms with E-state index in [1.807, 2.05) is 0 Å². The summed E-state index contributed by atoms with van der Waals surface area (Å²) in [7, 11) is 0. The number of benzene rings is 1. The number of hydrogen-bond acceptors (Lipinski definition) is 1. The quantitative estimate of drug-likeness (QED) is 0.647. The molecule has 0 radical (unpaired) electrons. The van der Waals surface area contributed by atoms with E-state index in [1.165, 1.54) is 6.92 Å². The van der Waals surface area contributed by atoms with Gasteiger partial charge in [0.2, 0.25) is 5.91 Å². The van der Waals surface area contributed by atoms with Crippen molar-refractivity contribution in [3.8, 4) is 0 Å². The molecule has 1 rings (SSSR count). The van der Waals surface area contributed by atoms with Gasteiger partial charge in [0.25, 0.3) is 0 Å². The lowest BCUT2D eigenvalue weighted by Gasteiger charge is -2.11. The number of carbonyl (C=O) groups excluding carboxylic acids is 1. The highest BCUT2D eigenvalue weighted by Gasteiger charge is 2.34. The van der Waals surface area contributed by atoms with Crippen LogP contribution in [0, 0.1) is 5.82 Å². The Morgan fingerprint density at radius 1 is 1.41 bits per heavy atom. The number of alkyl halides is 4. The van der Waals surface area contributed by atoms with Gasteiger partial charge in [-0.05, 0) is 25.1 Å². The molecule has 0 saturated carbocycles. The van der Waals surface area contributed by atoms with Crippen molar-refractivity contribution < 1.29 is 22.4 Å². The van der Waals surface area contributed by atoms with E-state index in [1.54, 1.807) is 0 Å².